The molecule has 4 rings (SSSR count). The van der Waals surface area contributed by atoms with Crippen LogP contribution in [0.2, 0.25) is 5.02 Å². The van der Waals surface area contributed by atoms with Gasteiger partial charge in [0.05, 0.1) is 11.7 Å². The number of aromatic nitrogens is 2. The summed E-state index contributed by atoms with van der Waals surface area (Å²) in [5, 5.41) is 21.5. The Hall–Kier alpha value is -2.90. The lowest BCUT2D eigenvalue weighted by molar-refractivity contribution is -0.143. The Morgan fingerprint density at radius 3 is 2.72 bits per heavy atom. The van der Waals surface area contributed by atoms with Gasteiger partial charge in [-0.1, -0.05) is 29.8 Å². The van der Waals surface area contributed by atoms with Crippen LogP contribution in [0.4, 0.5) is 5.69 Å². The highest BCUT2D eigenvalue weighted by atomic mass is 35.5. The third-order valence-corrected chi connectivity index (χ3v) is 5.66. The summed E-state index contributed by atoms with van der Waals surface area (Å²) in [5.41, 5.74) is 2.03. The Kier molecular flexibility index (Phi) is 5.51. The summed E-state index contributed by atoms with van der Waals surface area (Å²) in [6, 6.07) is 12.3. The van der Waals surface area contributed by atoms with Gasteiger partial charge in [0.25, 0.3) is 5.91 Å². The molecule has 3 aromatic rings. The predicted molar refractivity (Wildman–Crippen MR) is 110 cm³/mol. The summed E-state index contributed by atoms with van der Waals surface area (Å²) >= 11 is 6.08. The molecule has 0 radical (unpaired) electrons. The van der Waals surface area contributed by atoms with Crippen molar-refractivity contribution >= 4 is 40.0 Å². The van der Waals surface area contributed by atoms with Crippen LogP contribution in [0.1, 0.15) is 24.5 Å². The third kappa shape index (κ3) is 4.11. The minimum Gasteiger partial charge on any atom is -0.378 e. The van der Waals surface area contributed by atoms with Crippen molar-refractivity contribution in [3.63, 3.8) is 0 Å². The van der Waals surface area contributed by atoms with E-state index in [1.54, 1.807) is 35.4 Å². The molecule has 7 nitrogen and oxygen atoms in total. The molecule has 3 N–H and O–H groups in total. The summed E-state index contributed by atoms with van der Waals surface area (Å²) in [4.78, 5) is 26.8. The third-order valence-electron chi connectivity index (χ3n) is 5.32. The summed E-state index contributed by atoms with van der Waals surface area (Å²) in [7, 11) is 0. The molecule has 150 valence electrons. The second kappa shape index (κ2) is 8.23. The van der Waals surface area contributed by atoms with E-state index in [2.05, 4.69) is 15.5 Å². The second-order valence-corrected chi connectivity index (χ2v) is 7.59. The van der Waals surface area contributed by atoms with Crippen LogP contribution >= 0.6 is 11.6 Å². The van der Waals surface area contributed by atoms with Crippen LogP contribution in [0.3, 0.4) is 0 Å². The van der Waals surface area contributed by atoms with Crippen molar-refractivity contribution in [2.75, 3.05) is 18.4 Å². The van der Waals surface area contributed by atoms with E-state index < -0.39 is 6.10 Å². The zero-order valence-corrected chi connectivity index (χ0v) is 16.4. The SMILES string of the molecule is O=C(Nc1ccc2[nH]ncc2c1)C1CCN(C(=O)[C@H](O)c2ccccc2Cl)CC1. The number of hydrogen-bond donors (Lipinski definition) is 3. The minimum atomic E-state index is -1.30. The molecular formula is C21H21ClN4O3. The Morgan fingerprint density at radius 2 is 1.97 bits per heavy atom. The highest BCUT2D eigenvalue weighted by Crippen LogP contribution is 2.27. The average molecular weight is 413 g/mol. The number of anilines is 1. The molecule has 1 aliphatic rings. The van der Waals surface area contributed by atoms with E-state index in [0.717, 1.165) is 16.6 Å². The maximum absolute atomic E-state index is 12.6. The Labute approximate surface area is 172 Å². The molecule has 1 aromatic heterocycles. The number of nitrogens with zero attached hydrogens (tertiary/aromatic N) is 2. The number of aliphatic hydroxyl groups is 1. The van der Waals surface area contributed by atoms with Crippen LogP contribution < -0.4 is 5.32 Å². The number of aromatic amines is 1. The fourth-order valence-electron chi connectivity index (χ4n) is 3.63. The van der Waals surface area contributed by atoms with Crippen LogP contribution in [0.15, 0.2) is 48.7 Å². The first-order valence-electron chi connectivity index (χ1n) is 9.48. The molecule has 0 saturated carbocycles. The molecule has 0 unspecified atom stereocenters. The van der Waals surface area contributed by atoms with Crippen molar-refractivity contribution in [3.8, 4) is 0 Å². The number of H-pyrrole nitrogens is 1. The normalized spacial score (nSPS) is 16.0. The van der Waals surface area contributed by atoms with Gasteiger partial charge >= 0.3 is 0 Å². The molecule has 1 aliphatic heterocycles. The first-order valence-corrected chi connectivity index (χ1v) is 9.86. The van der Waals surface area contributed by atoms with Gasteiger partial charge in [0.1, 0.15) is 0 Å². The highest BCUT2D eigenvalue weighted by molar-refractivity contribution is 6.31. The van der Waals surface area contributed by atoms with E-state index in [1.807, 2.05) is 18.2 Å². The second-order valence-electron chi connectivity index (χ2n) is 7.18. The molecule has 8 heteroatoms. The van der Waals surface area contributed by atoms with Gasteiger partial charge in [-0.2, -0.15) is 5.10 Å². The van der Waals surface area contributed by atoms with Gasteiger partial charge < -0.3 is 15.3 Å². The van der Waals surface area contributed by atoms with E-state index in [4.69, 9.17) is 11.6 Å². The summed E-state index contributed by atoms with van der Waals surface area (Å²) in [5.74, 6) is -0.634. The number of benzene rings is 2. The van der Waals surface area contributed by atoms with Gasteiger partial charge in [-0.05, 0) is 37.1 Å². The van der Waals surface area contributed by atoms with E-state index in [0.29, 0.717) is 36.5 Å². The number of piperidine rings is 1. The van der Waals surface area contributed by atoms with Gasteiger partial charge in [-0.25, -0.2) is 0 Å². The molecule has 1 atom stereocenters. The number of carbonyl (C=O) groups is 2. The Balaban J connectivity index is 1.34. The first-order chi connectivity index (χ1) is 14.0. The zero-order chi connectivity index (χ0) is 20.4. The molecule has 2 aromatic carbocycles. The Bertz CT molecular complexity index is 1040. The van der Waals surface area contributed by atoms with Crippen molar-refractivity contribution in [2.45, 2.75) is 18.9 Å². The Morgan fingerprint density at radius 1 is 1.21 bits per heavy atom. The number of rotatable bonds is 4. The molecule has 29 heavy (non-hydrogen) atoms. The molecule has 2 heterocycles. The maximum atomic E-state index is 12.6. The van der Waals surface area contributed by atoms with Gasteiger partial charge in [0, 0.05) is 40.7 Å². The van der Waals surface area contributed by atoms with Crippen LogP contribution in [-0.4, -0.2) is 45.1 Å². The molecule has 1 fully saturated rings. The number of nitrogens with one attached hydrogen (secondary N) is 2. The fourth-order valence-corrected chi connectivity index (χ4v) is 3.87. The number of aliphatic hydroxyl groups excluding tert-OH is 1. The predicted octanol–water partition coefficient (Wildman–Crippen LogP) is 3.13. The van der Waals surface area contributed by atoms with Gasteiger partial charge in [-0.3, -0.25) is 14.7 Å². The molecule has 1 saturated heterocycles. The van der Waals surface area contributed by atoms with Gasteiger partial charge in [0.15, 0.2) is 6.10 Å². The van der Waals surface area contributed by atoms with Gasteiger partial charge in [-0.15, -0.1) is 0 Å². The number of fused-ring (bicyclic) bond motifs is 1. The number of hydrogen-bond acceptors (Lipinski definition) is 4. The van der Waals surface area contributed by atoms with Crippen molar-refractivity contribution in [2.24, 2.45) is 5.92 Å². The molecular weight excluding hydrogens is 392 g/mol. The van der Waals surface area contributed by atoms with Gasteiger partial charge in [0.2, 0.25) is 5.91 Å². The summed E-state index contributed by atoms with van der Waals surface area (Å²) in [6.07, 6.45) is 1.50. The molecule has 2 amide bonds. The lowest BCUT2D eigenvalue weighted by Crippen LogP contribution is -2.43. The van der Waals surface area contributed by atoms with Crippen LogP contribution in [0.5, 0.6) is 0 Å². The topological polar surface area (TPSA) is 98.3 Å². The van der Waals surface area contributed by atoms with Crippen molar-refractivity contribution < 1.29 is 14.7 Å². The number of carbonyl (C=O) groups excluding carboxylic acids is 2. The number of likely N-dealkylation sites (tertiary alicyclic amines) is 1. The number of amides is 2. The van der Waals surface area contributed by atoms with E-state index in [9.17, 15) is 14.7 Å². The van der Waals surface area contributed by atoms with Crippen LogP contribution in [0.25, 0.3) is 10.9 Å². The molecule has 0 spiro atoms. The minimum absolute atomic E-state index is 0.0633. The fraction of sp³-hybridized carbons (Fsp3) is 0.286. The molecule has 0 aliphatic carbocycles. The lowest BCUT2D eigenvalue weighted by atomic mass is 9.95. The monoisotopic (exact) mass is 412 g/mol. The maximum Gasteiger partial charge on any atom is 0.256 e. The van der Waals surface area contributed by atoms with Crippen molar-refractivity contribution in [1.82, 2.24) is 15.1 Å². The smallest absolute Gasteiger partial charge is 0.256 e. The van der Waals surface area contributed by atoms with E-state index in [-0.39, 0.29) is 17.7 Å². The van der Waals surface area contributed by atoms with Crippen LogP contribution in [0, 0.1) is 5.92 Å². The van der Waals surface area contributed by atoms with Crippen molar-refractivity contribution in [3.05, 3.63) is 59.2 Å². The zero-order valence-electron chi connectivity index (χ0n) is 15.6. The largest absolute Gasteiger partial charge is 0.378 e. The summed E-state index contributed by atoms with van der Waals surface area (Å²) in [6.45, 7) is 0.832. The first kappa shape index (κ1) is 19.4. The average Bonchev–Trinajstić information content (AvgIpc) is 3.21. The number of halogens is 1. The van der Waals surface area contributed by atoms with Crippen LogP contribution in [-0.2, 0) is 9.59 Å². The molecule has 0 bridgehead atoms. The van der Waals surface area contributed by atoms with E-state index >= 15 is 0 Å². The standard InChI is InChI=1S/C21H21ClN4O3/c22-17-4-2-1-3-16(17)19(27)21(29)26-9-7-13(8-10-26)20(28)24-15-5-6-18-14(11-15)12-23-25-18/h1-6,11-13,19,27H,7-10H2,(H,23,25)(H,24,28)/t19-/m1/s1. The highest BCUT2D eigenvalue weighted by Gasteiger charge is 2.31. The van der Waals surface area contributed by atoms with Crippen molar-refractivity contribution in [1.29, 1.82) is 0 Å². The van der Waals surface area contributed by atoms with E-state index in [1.165, 1.54) is 0 Å². The summed E-state index contributed by atoms with van der Waals surface area (Å²) < 4.78 is 0. The lowest BCUT2D eigenvalue weighted by Gasteiger charge is -2.32. The quantitative estimate of drug-likeness (QED) is 0.613.